The highest BCUT2D eigenvalue weighted by atomic mass is 16.5. The number of carbonyl (C=O) groups excluding carboxylic acids is 2. The second kappa shape index (κ2) is 8.34. The molecule has 3 heterocycles. The van der Waals surface area contributed by atoms with Gasteiger partial charge < -0.3 is 19.9 Å². The maximum absolute atomic E-state index is 12.7. The fraction of sp³-hybridized carbons (Fsp3) is 0.652. The third-order valence-electron chi connectivity index (χ3n) is 7.19. The van der Waals surface area contributed by atoms with Gasteiger partial charge in [0.05, 0.1) is 5.92 Å². The van der Waals surface area contributed by atoms with E-state index >= 15 is 0 Å². The molecule has 0 saturated carbocycles. The molecule has 4 rings (SSSR count). The first-order valence-corrected chi connectivity index (χ1v) is 11.0. The molecule has 3 atom stereocenters. The molecule has 3 aliphatic rings. The van der Waals surface area contributed by atoms with Crippen LogP contribution in [0.4, 0.5) is 0 Å². The first kappa shape index (κ1) is 20.2. The van der Waals surface area contributed by atoms with E-state index in [-0.39, 0.29) is 29.9 Å². The Kier molecular flexibility index (Phi) is 5.81. The zero-order chi connectivity index (χ0) is 20.4. The van der Waals surface area contributed by atoms with Gasteiger partial charge in [0.25, 0.3) is 5.91 Å². The number of piperidine rings is 1. The largest absolute Gasteiger partial charge is 0.484 e. The quantitative estimate of drug-likeness (QED) is 0.796. The summed E-state index contributed by atoms with van der Waals surface area (Å²) in [6.45, 7) is 8.91. The van der Waals surface area contributed by atoms with Crippen LogP contribution in [0.3, 0.4) is 0 Å². The predicted octanol–water partition coefficient (Wildman–Crippen LogP) is 2.15. The van der Waals surface area contributed by atoms with Crippen LogP contribution in [0.1, 0.15) is 33.1 Å². The molecule has 3 saturated heterocycles. The Balaban J connectivity index is 1.32. The van der Waals surface area contributed by atoms with Crippen molar-refractivity contribution in [1.82, 2.24) is 15.1 Å². The van der Waals surface area contributed by atoms with Gasteiger partial charge >= 0.3 is 0 Å². The molecular formula is C23H33N3O3. The Morgan fingerprint density at radius 3 is 2.66 bits per heavy atom. The van der Waals surface area contributed by atoms with Gasteiger partial charge in [-0.15, -0.1) is 0 Å². The fourth-order valence-electron chi connectivity index (χ4n) is 5.26. The topological polar surface area (TPSA) is 61.9 Å². The van der Waals surface area contributed by atoms with Crippen molar-refractivity contribution in [3.05, 3.63) is 30.3 Å². The molecule has 6 heteroatoms. The number of likely N-dealkylation sites (tertiary alicyclic amines) is 2. The van der Waals surface area contributed by atoms with E-state index in [2.05, 4.69) is 24.1 Å². The monoisotopic (exact) mass is 399 g/mol. The van der Waals surface area contributed by atoms with Gasteiger partial charge in [-0.1, -0.05) is 38.5 Å². The molecule has 3 fully saturated rings. The van der Waals surface area contributed by atoms with E-state index in [0.29, 0.717) is 30.7 Å². The van der Waals surface area contributed by atoms with E-state index in [1.807, 2.05) is 35.2 Å². The summed E-state index contributed by atoms with van der Waals surface area (Å²) >= 11 is 0. The summed E-state index contributed by atoms with van der Waals surface area (Å²) in [7, 11) is 0. The van der Waals surface area contributed by atoms with E-state index in [4.69, 9.17) is 4.74 Å². The number of ether oxygens (including phenoxy) is 1. The molecule has 1 aromatic carbocycles. The number of fused-ring (bicyclic) bond motifs is 2. The van der Waals surface area contributed by atoms with Crippen LogP contribution in [0.25, 0.3) is 0 Å². The lowest BCUT2D eigenvalue weighted by atomic mass is 9.75. The Morgan fingerprint density at radius 1 is 1.24 bits per heavy atom. The maximum atomic E-state index is 12.7. The molecule has 29 heavy (non-hydrogen) atoms. The van der Waals surface area contributed by atoms with Gasteiger partial charge in [0, 0.05) is 44.2 Å². The third kappa shape index (κ3) is 4.13. The van der Waals surface area contributed by atoms with Gasteiger partial charge in [-0.2, -0.15) is 0 Å². The summed E-state index contributed by atoms with van der Waals surface area (Å²) in [6.07, 6.45) is 2.85. The summed E-state index contributed by atoms with van der Waals surface area (Å²) < 4.78 is 5.62. The minimum absolute atomic E-state index is 0.0226. The van der Waals surface area contributed by atoms with Gasteiger partial charge in [-0.3, -0.25) is 9.59 Å². The molecule has 0 bridgehead atoms. The first-order chi connectivity index (χ1) is 14.0. The van der Waals surface area contributed by atoms with E-state index in [1.54, 1.807) is 0 Å². The summed E-state index contributed by atoms with van der Waals surface area (Å²) in [5, 5.41) is 3.34. The molecule has 3 aliphatic heterocycles. The van der Waals surface area contributed by atoms with Crippen molar-refractivity contribution in [3.63, 3.8) is 0 Å². The van der Waals surface area contributed by atoms with Crippen LogP contribution >= 0.6 is 0 Å². The number of amides is 2. The molecule has 0 radical (unpaired) electrons. The van der Waals surface area contributed by atoms with E-state index in [0.717, 1.165) is 32.5 Å². The summed E-state index contributed by atoms with van der Waals surface area (Å²) in [6, 6.07) is 9.44. The molecular weight excluding hydrogens is 366 g/mol. The second-order valence-electron chi connectivity index (χ2n) is 9.07. The minimum atomic E-state index is -0.136. The molecule has 0 aromatic heterocycles. The van der Waals surface area contributed by atoms with Gasteiger partial charge in [-0.25, -0.2) is 0 Å². The third-order valence-corrected chi connectivity index (χ3v) is 7.19. The van der Waals surface area contributed by atoms with Crippen molar-refractivity contribution >= 4 is 11.8 Å². The van der Waals surface area contributed by atoms with Crippen LogP contribution in [0.5, 0.6) is 5.75 Å². The van der Waals surface area contributed by atoms with Crippen LogP contribution in [0.2, 0.25) is 0 Å². The highest BCUT2D eigenvalue weighted by Crippen LogP contribution is 2.44. The molecule has 1 spiro atoms. The minimum Gasteiger partial charge on any atom is -0.484 e. The average Bonchev–Trinajstić information content (AvgIpc) is 3.27. The van der Waals surface area contributed by atoms with E-state index < -0.39 is 0 Å². The van der Waals surface area contributed by atoms with E-state index in [1.165, 1.54) is 6.42 Å². The van der Waals surface area contributed by atoms with Gasteiger partial charge in [-0.05, 0) is 30.9 Å². The van der Waals surface area contributed by atoms with Crippen LogP contribution < -0.4 is 10.1 Å². The van der Waals surface area contributed by atoms with Gasteiger partial charge in [0.2, 0.25) is 5.91 Å². The Labute approximate surface area is 173 Å². The summed E-state index contributed by atoms with van der Waals surface area (Å²) in [5.41, 5.74) is -0.136. The zero-order valence-electron chi connectivity index (χ0n) is 17.6. The number of carbonyl (C=O) groups is 2. The molecule has 1 unspecified atom stereocenters. The smallest absolute Gasteiger partial charge is 0.260 e. The fourth-order valence-corrected chi connectivity index (χ4v) is 5.26. The number of nitrogens with zero attached hydrogens (tertiary/aromatic N) is 2. The highest BCUT2D eigenvalue weighted by molar-refractivity contribution is 5.84. The Hall–Kier alpha value is -2.08. The summed E-state index contributed by atoms with van der Waals surface area (Å²) in [4.78, 5) is 29.6. The molecule has 2 amide bonds. The normalized spacial score (nSPS) is 27.0. The number of hydrogen-bond acceptors (Lipinski definition) is 4. The molecule has 1 aromatic rings. The average molecular weight is 400 g/mol. The SMILES string of the molecule is CCC(C)CN1C[C@H]2C(=O)NC3(CCN(C(=O)COc4ccccc4)CC3)[C@H]2C1. The number of para-hydroxylation sites is 1. The highest BCUT2D eigenvalue weighted by Gasteiger charge is 2.57. The van der Waals surface area contributed by atoms with Crippen molar-refractivity contribution in [2.45, 2.75) is 38.6 Å². The van der Waals surface area contributed by atoms with Gasteiger partial charge in [0.1, 0.15) is 5.75 Å². The number of hydrogen-bond donors (Lipinski definition) is 1. The molecule has 1 N–H and O–H groups in total. The number of rotatable bonds is 6. The van der Waals surface area contributed by atoms with Crippen LogP contribution in [-0.2, 0) is 9.59 Å². The summed E-state index contributed by atoms with van der Waals surface area (Å²) in [5.74, 6) is 2.10. The second-order valence-corrected chi connectivity index (χ2v) is 9.07. The van der Waals surface area contributed by atoms with Crippen molar-refractivity contribution in [3.8, 4) is 5.75 Å². The molecule has 0 aliphatic carbocycles. The van der Waals surface area contributed by atoms with E-state index in [9.17, 15) is 9.59 Å². The van der Waals surface area contributed by atoms with Crippen molar-refractivity contribution in [2.24, 2.45) is 17.8 Å². The van der Waals surface area contributed by atoms with Crippen molar-refractivity contribution in [2.75, 3.05) is 39.3 Å². The molecule has 6 nitrogen and oxygen atoms in total. The number of nitrogens with one attached hydrogen (secondary N) is 1. The standard InChI is InChI=1S/C23H33N3O3/c1-3-17(2)13-25-14-19-20(15-25)23(24-22(19)28)9-11-26(12-10-23)21(27)16-29-18-7-5-4-6-8-18/h4-8,17,19-20H,3,9-16H2,1-2H3,(H,24,28)/t17?,19-,20+/m1/s1. The number of benzene rings is 1. The lowest BCUT2D eigenvalue weighted by Crippen LogP contribution is -2.56. The lowest BCUT2D eigenvalue weighted by molar-refractivity contribution is -0.135. The Morgan fingerprint density at radius 2 is 1.97 bits per heavy atom. The van der Waals surface area contributed by atoms with Gasteiger partial charge in [0.15, 0.2) is 6.61 Å². The van der Waals surface area contributed by atoms with Crippen LogP contribution in [-0.4, -0.2) is 66.5 Å². The van der Waals surface area contributed by atoms with Crippen LogP contribution in [0, 0.1) is 17.8 Å². The lowest BCUT2D eigenvalue weighted by Gasteiger charge is -2.42. The van der Waals surface area contributed by atoms with Crippen molar-refractivity contribution < 1.29 is 14.3 Å². The Bertz CT molecular complexity index is 730. The van der Waals surface area contributed by atoms with Crippen LogP contribution in [0.15, 0.2) is 30.3 Å². The van der Waals surface area contributed by atoms with Crippen molar-refractivity contribution in [1.29, 1.82) is 0 Å². The predicted molar refractivity (Wildman–Crippen MR) is 111 cm³/mol. The molecule has 158 valence electrons. The maximum Gasteiger partial charge on any atom is 0.260 e. The zero-order valence-corrected chi connectivity index (χ0v) is 17.6. The first-order valence-electron chi connectivity index (χ1n) is 11.0.